The van der Waals surface area contributed by atoms with Crippen molar-refractivity contribution in [2.24, 2.45) is 40.4 Å². The van der Waals surface area contributed by atoms with Gasteiger partial charge in [0.15, 0.2) is 0 Å². The van der Waals surface area contributed by atoms with Crippen LogP contribution >= 0.6 is 0 Å². The molecule has 3 fully saturated rings. The molecule has 12 heteroatoms. The Hall–Kier alpha value is -3.37. The molecule has 13 atom stereocenters. The third-order valence-corrected chi connectivity index (χ3v) is 18.2. The van der Waals surface area contributed by atoms with Gasteiger partial charge >= 0.3 is 0 Å². The molecule has 5 aliphatic carbocycles. The Labute approximate surface area is 430 Å². The summed E-state index contributed by atoms with van der Waals surface area (Å²) in [6, 6.07) is 9.41. The van der Waals surface area contributed by atoms with Gasteiger partial charge in [0.1, 0.15) is 12.4 Å². The highest BCUT2D eigenvalue weighted by molar-refractivity contribution is 5.75. The van der Waals surface area contributed by atoms with Crippen molar-refractivity contribution in [2.75, 3.05) is 66.8 Å². The number of methoxy groups -OCH3 is 1. The van der Waals surface area contributed by atoms with Crippen LogP contribution in [0.2, 0.25) is 0 Å². The number of nitrogens with one attached hydrogen (secondary N) is 3. The first-order valence-corrected chi connectivity index (χ1v) is 27.1. The van der Waals surface area contributed by atoms with E-state index in [2.05, 4.69) is 78.0 Å². The predicted octanol–water partition coefficient (Wildman–Crippen LogP) is 6.17. The highest BCUT2D eigenvalue weighted by Gasteiger charge is 2.77. The molecule has 1 aromatic carbocycles. The Morgan fingerprint density at radius 3 is 2.61 bits per heavy atom. The van der Waals surface area contributed by atoms with E-state index in [4.69, 9.17) is 9.47 Å². The van der Waals surface area contributed by atoms with E-state index in [1.165, 1.54) is 16.7 Å². The topological polar surface area (TPSA) is 193 Å². The molecule has 1 spiro atoms. The Balaban J connectivity index is 1.21. The maximum Gasteiger partial charge on any atom is 0.145 e. The maximum absolute atomic E-state index is 13.7. The van der Waals surface area contributed by atoms with Gasteiger partial charge in [-0.25, -0.2) is 0 Å². The summed E-state index contributed by atoms with van der Waals surface area (Å²) in [5.74, 6) is -0.618. The van der Waals surface area contributed by atoms with Crippen LogP contribution < -0.4 is 16.0 Å². The van der Waals surface area contributed by atoms with E-state index >= 15 is 0 Å². The molecule has 1 aromatic rings. The number of carbonyl (C=O) groups excluding carboxylic acids is 1. The maximum atomic E-state index is 13.7. The van der Waals surface area contributed by atoms with Gasteiger partial charge in [-0.1, -0.05) is 103 Å². The summed E-state index contributed by atoms with van der Waals surface area (Å²) in [6.45, 7) is 12.5. The monoisotopic (exact) mass is 996 g/mol. The van der Waals surface area contributed by atoms with Crippen LogP contribution in [0.15, 0.2) is 107 Å². The predicted molar refractivity (Wildman–Crippen MR) is 285 cm³/mol. The van der Waals surface area contributed by atoms with E-state index in [-0.39, 0.29) is 43.3 Å². The van der Waals surface area contributed by atoms with Crippen molar-refractivity contribution in [3.63, 3.8) is 0 Å². The van der Waals surface area contributed by atoms with Crippen molar-refractivity contribution in [3.8, 4) is 0 Å². The van der Waals surface area contributed by atoms with E-state index in [0.29, 0.717) is 69.3 Å². The van der Waals surface area contributed by atoms with Gasteiger partial charge in [0.2, 0.25) is 0 Å². The average molecular weight is 996 g/mol. The molecule has 3 saturated carbocycles. The molecule has 12 nitrogen and oxygen atoms in total. The number of aliphatic hydroxyl groups is 6. The molecule has 7 rings (SSSR count). The summed E-state index contributed by atoms with van der Waals surface area (Å²) in [5.41, 5.74) is 2.20. The Bertz CT molecular complexity index is 2220. The smallest absolute Gasteiger partial charge is 0.145 e. The van der Waals surface area contributed by atoms with Crippen LogP contribution in [0.3, 0.4) is 0 Å². The van der Waals surface area contributed by atoms with E-state index in [1.807, 2.05) is 45.2 Å². The highest BCUT2D eigenvalue weighted by atomic mass is 16.5. The molecular weight excluding hydrogens is 907 g/mol. The molecule has 4 bridgehead atoms. The van der Waals surface area contributed by atoms with Crippen LogP contribution in [-0.4, -0.2) is 139 Å². The second-order valence-electron chi connectivity index (χ2n) is 22.8. The van der Waals surface area contributed by atoms with E-state index in [1.54, 1.807) is 7.11 Å². The lowest BCUT2D eigenvalue weighted by atomic mass is 9.37. The number of benzene rings is 1. The van der Waals surface area contributed by atoms with Crippen LogP contribution in [0.4, 0.5) is 0 Å². The van der Waals surface area contributed by atoms with Crippen molar-refractivity contribution in [2.45, 2.75) is 139 Å². The fourth-order valence-corrected chi connectivity index (χ4v) is 14.6. The number of aldehydes is 1. The zero-order chi connectivity index (χ0) is 51.7. The van der Waals surface area contributed by atoms with Crippen molar-refractivity contribution < 1.29 is 44.9 Å². The average Bonchev–Trinajstić information content (AvgIpc) is 3.69. The van der Waals surface area contributed by atoms with E-state index in [0.717, 1.165) is 80.9 Å². The van der Waals surface area contributed by atoms with Gasteiger partial charge in [-0.2, -0.15) is 0 Å². The number of ether oxygens (including phenoxy) is 2. The van der Waals surface area contributed by atoms with E-state index in [9.17, 15) is 35.4 Å². The van der Waals surface area contributed by atoms with Crippen LogP contribution in [0.25, 0.3) is 0 Å². The van der Waals surface area contributed by atoms with Gasteiger partial charge in [-0.15, -0.1) is 0 Å². The van der Waals surface area contributed by atoms with E-state index < -0.39 is 46.6 Å². The van der Waals surface area contributed by atoms with Crippen LogP contribution in [0.1, 0.15) is 103 Å². The number of hydrogen-bond donors (Lipinski definition) is 9. The first-order chi connectivity index (χ1) is 34.6. The third kappa shape index (κ3) is 11.6. The van der Waals surface area contributed by atoms with Crippen molar-refractivity contribution in [1.82, 2.24) is 16.0 Å². The number of fused-ring (bicyclic) bond motifs is 3. The quantitative estimate of drug-likeness (QED) is 0.0279. The molecule has 1 aliphatic heterocycles. The van der Waals surface area contributed by atoms with Crippen molar-refractivity contribution in [1.29, 1.82) is 0 Å². The van der Waals surface area contributed by atoms with Crippen LogP contribution in [0, 0.1) is 40.4 Å². The third-order valence-electron chi connectivity index (χ3n) is 18.2. The summed E-state index contributed by atoms with van der Waals surface area (Å²) >= 11 is 0. The normalized spacial score (nSPS) is 36.3. The molecule has 13 unspecified atom stereocenters. The lowest BCUT2D eigenvalue weighted by Gasteiger charge is -2.68. The zero-order valence-electron chi connectivity index (χ0n) is 44.1. The molecule has 398 valence electrons. The standard InChI is InChI=1S/C60H89N3O9/c1-41-16-17-47(31-45-11-8-12-46(30-45)33-57(63-35-41,26-29-71-6)50-14-9-15-51(32-50)62-36-44(4)67)42(2)10-7-13-49(39-72-40-52(68)38-66)53-19-21-59-55-54(43(3)37-65)48(34-58(59,69)24-27-61-5)18-20-56(55,25-28-64)22-23-60(53,59)70/h7-8,10-13,16,18,20,22-23,30,37,44,47-48,50-53,55,61-64,66-70H,2,9,14-15,17,19,21,24-29,31-36,38-40H2,1,3-6H3. The molecule has 0 aromatic heterocycles. The van der Waals surface area contributed by atoms with Gasteiger partial charge in [-0.3, -0.25) is 4.79 Å². The summed E-state index contributed by atoms with van der Waals surface area (Å²) in [5, 5.41) is 78.8. The lowest BCUT2D eigenvalue weighted by molar-refractivity contribution is -0.233. The first kappa shape index (κ1) is 56.4. The lowest BCUT2D eigenvalue weighted by Crippen LogP contribution is -2.72. The Morgan fingerprint density at radius 1 is 1.07 bits per heavy atom. The fraction of sp³-hybridized carbons (Fsp3) is 0.650. The molecule has 9 N–H and O–H groups in total. The molecular formula is C60H89N3O9. The van der Waals surface area contributed by atoms with Gasteiger partial charge in [-0.05, 0) is 146 Å². The number of rotatable bonds is 22. The minimum absolute atomic E-state index is 0.0711. The molecule has 0 amide bonds. The van der Waals surface area contributed by atoms with Crippen molar-refractivity contribution >= 4 is 6.29 Å². The number of aliphatic hydroxyl groups excluding tert-OH is 4. The van der Waals surface area contributed by atoms with Crippen LogP contribution in [0.5, 0.6) is 0 Å². The molecule has 72 heavy (non-hydrogen) atoms. The zero-order valence-corrected chi connectivity index (χ0v) is 44.1. The molecule has 0 saturated heterocycles. The molecule has 6 aliphatic rings. The Morgan fingerprint density at radius 2 is 1.88 bits per heavy atom. The largest absolute Gasteiger partial charge is 0.396 e. The SMILES string of the molecule is C=C(C=CC=C(COCC(O)CO)C1CCC23C4C(=C(C)C=O)C(C=CC4(CCO)C=CC12O)CC3(O)CCNC)C1CC=C(C)CNC(CCOC)(C2CCCC(NCC(C)O)C2)Cc2cccc(c2)C1. The van der Waals surface area contributed by atoms with Gasteiger partial charge in [0.25, 0.3) is 0 Å². The minimum Gasteiger partial charge on any atom is -0.396 e. The summed E-state index contributed by atoms with van der Waals surface area (Å²) in [4.78, 5) is 12.7. The van der Waals surface area contributed by atoms with Crippen molar-refractivity contribution in [3.05, 3.63) is 118 Å². The highest BCUT2D eigenvalue weighted by Crippen LogP contribution is 2.75. The second-order valence-corrected chi connectivity index (χ2v) is 22.8. The van der Waals surface area contributed by atoms with Crippen LogP contribution in [-0.2, 0) is 27.1 Å². The summed E-state index contributed by atoms with van der Waals surface area (Å²) in [7, 11) is 3.65. The minimum atomic E-state index is -1.58. The fourth-order valence-electron chi connectivity index (χ4n) is 14.6. The number of hydrogen-bond acceptors (Lipinski definition) is 12. The van der Waals surface area contributed by atoms with Gasteiger partial charge < -0.3 is 56.1 Å². The Kier molecular flexibility index (Phi) is 19.2. The van der Waals surface area contributed by atoms with Gasteiger partial charge in [0.05, 0.1) is 37.1 Å². The summed E-state index contributed by atoms with van der Waals surface area (Å²) < 4.78 is 11.9. The number of carbonyl (C=O) groups is 1. The molecule has 0 radical (unpaired) electrons. The second kappa shape index (κ2) is 24.5. The molecule has 1 heterocycles. The summed E-state index contributed by atoms with van der Waals surface area (Å²) in [6.07, 6.45) is 26.0. The number of allylic oxidation sites excluding steroid dienone is 10. The van der Waals surface area contributed by atoms with Gasteiger partial charge in [0, 0.05) is 73.6 Å². The first-order valence-electron chi connectivity index (χ1n) is 27.1.